The van der Waals surface area contributed by atoms with Gasteiger partial charge in [-0.15, -0.1) is 24.0 Å². The number of aryl methyl sites for hydroxylation is 1. The van der Waals surface area contributed by atoms with Gasteiger partial charge in [-0.05, 0) is 25.0 Å². The Kier molecular flexibility index (Phi) is 10.5. The van der Waals surface area contributed by atoms with Gasteiger partial charge in [0, 0.05) is 51.6 Å². The highest BCUT2D eigenvalue weighted by atomic mass is 127. The average Bonchev–Trinajstić information content (AvgIpc) is 2.66. The lowest BCUT2D eigenvalue weighted by Gasteiger charge is -2.23. The first kappa shape index (κ1) is 23.0. The maximum Gasteiger partial charge on any atom is 0.250 e. The molecule has 27 heavy (non-hydrogen) atoms. The van der Waals surface area contributed by atoms with Crippen molar-refractivity contribution in [1.29, 1.82) is 0 Å². The number of aliphatic imine (C=N–C) groups is 1. The largest absolute Gasteiger partial charge is 0.496 e. The monoisotopic (exact) mass is 484 g/mol. The van der Waals surface area contributed by atoms with Gasteiger partial charge in [-0.25, -0.2) is 0 Å². The van der Waals surface area contributed by atoms with Crippen LogP contribution in [0, 0.1) is 0 Å². The molecule has 0 unspecified atom stereocenters. The van der Waals surface area contributed by atoms with E-state index in [1.807, 2.05) is 37.5 Å². The molecule has 0 bridgehead atoms. The van der Waals surface area contributed by atoms with Crippen LogP contribution in [0.4, 0.5) is 0 Å². The number of para-hydroxylation sites is 1. The number of unbranched alkanes of at least 4 members (excludes halogenated alkanes) is 1. The van der Waals surface area contributed by atoms with E-state index in [-0.39, 0.29) is 29.5 Å². The van der Waals surface area contributed by atoms with Crippen LogP contribution in [-0.4, -0.2) is 43.2 Å². The van der Waals surface area contributed by atoms with Crippen LogP contribution >= 0.6 is 24.0 Å². The lowest BCUT2D eigenvalue weighted by atomic mass is 10.2. The zero-order valence-electron chi connectivity index (χ0n) is 16.2. The first-order chi connectivity index (χ1) is 12.7. The number of nitrogens with one attached hydrogen (secondary N) is 1. The Hall–Kier alpha value is -2.03. The van der Waals surface area contributed by atoms with E-state index in [1.165, 1.54) is 0 Å². The number of rotatable bonds is 8. The fourth-order valence-electron chi connectivity index (χ4n) is 2.80. The van der Waals surface area contributed by atoms with Crippen molar-refractivity contribution < 1.29 is 4.74 Å². The molecule has 0 radical (unpaired) electrons. The summed E-state index contributed by atoms with van der Waals surface area (Å²) in [6, 6.07) is 13.2. The number of hydrogen-bond donors (Lipinski definition) is 1. The highest BCUT2D eigenvalue weighted by Gasteiger charge is 2.09. The standard InChI is InChI=1S/C20H28N4O2.HI/c1-21-20(23(2)16-17-10-4-5-11-18(17)26-3)22-13-7-9-15-24-14-8-6-12-19(24)25;/h4-6,8,10-12,14H,7,9,13,15-16H2,1-3H3,(H,21,22);1H. The molecule has 0 amide bonds. The summed E-state index contributed by atoms with van der Waals surface area (Å²) < 4.78 is 7.15. The second kappa shape index (κ2) is 12.4. The van der Waals surface area contributed by atoms with E-state index in [4.69, 9.17) is 4.74 Å². The molecule has 2 aromatic rings. The Morgan fingerprint density at radius 3 is 2.63 bits per heavy atom. The van der Waals surface area contributed by atoms with Crippen LogP contribution in [0.2, 0.25) is 0 Å². The van der Waals surface area contributed by atoms with Gasteiger partial charge in [-0.2, -0.15) is 0 Å². The van der Waals surface area contributed by atoms with Gasteiger partial charge in [0.15, 0.2) is 5.96 Å². The third kappa shape index (κ3) is 7.24. The Bertz CT molecular complexity index is 776. The van der Waals surface area contributed by atoms with Gasteiger partial charge in [-0.1, -0.05) is 24.3 Å². The van der Waals surface area contributed by atoms with Crippen LogP contribution in [0.1, 0.15) is 18.4 Å². The molecular formula is C20H29IN4O2. The summed E-state index contributed by atoms with van der Waals surface area (Å²) >= 11 is 0. The van der Waals surface area contributed by atoms with E-state index in [2.05, 4.69) is 21.3 Å². The predicted molar refractivity (Wildman–Crippen MR) is 121 cm³/mol. The van der Waals surface area contributed by atoms with E-state index in [1.54, 1.807) is 30.9 Å². The van der Waals surface area contributed by atoms with E-state index < -0.39 is 0 Å². The molecule has 0 aliphatic heterocycles. The van der Waals surface area contributed by atoms with Crippen molar-refractivity contribution in [3.63, 3.8) is 0 Å². The van der Waals surface area contributed by atoms with E-state index in [0.717, 1.165) is 43.2 Å². The number of hydrogen-bond acceptors (Lipinski definition) is 3. The summed E-state index contributed by atoms with van der Waals surface area (Å²) in [5.41, 5.74) is 1.16. The van der Waals surface area contributed by atoms with Crippen molar-refractivity contribution in [2.75, 3.05) is 27.7 Å². The molecule has 0 aliphatic carbocycles. The number of halogens is 1. The number of guanidine groups is 1. The van der Waals surface area contributed by atoms with Crippen molar-refractivity contribution in [2.24, 2.45) is 4.99 Å². The number of benzene rings is 1. The first-order valence-corrected chi connectivity index (χ1v) is 8.85. The molecule has 2 rings (SSSR count). The highest BCUT2D eigenvalue weighted by molar-refractivity contribution is 14.0. The topological polar surface area (TPSA) is 58.9 Å². The Morgan fingerprint density at radius 1 is 1.19 bits per heavy atom. The maximum atomic E-state index is 11.7. The Balaban J connectivity index is 0.00000364. The van der Waals surface area contributed by atoms with Crippen LogP contribution in [0.25, 0.3) is 0 Å². The van der Waals surface area contributed by atoms with Gasteiger partial charge < -0.3 is 19.5 Å². The summed E-state index contributed by atoms with van der Waals surface area (Å²) in [6.07, 6.45) is 3.72. The number of nitrogens with zero attached hydrogens (tertiary/aromatic N) is 3. The van der Waals surface area contributed by atoms with Crippen molar-refractivity contribution in [2.45, 2.75) is 25.9 Å². The molecule has 1 N–H and O–H groups in total. The maximum absolute atomic E-state index is 11.7. The van der Waals surface area contributed by atoms with Crippen molar-refractivity contribution in [3.8, 4) is 5.75 Å². The molecule has 0 fully saturated rings. The van der Waals surface area contributed by atoms with E-state index >= 15 is 0 Å². The summed E-state index contributed by atoms with van der Waals surface area (Å²) in [5.74, 6) is 1.72. The van der Waals surface area contributed by atoms with Gasteiger partial charge in [-0.3, -0.25) is 9.79 Å². The second-order valence-corrected chi connectivity index (χ2v) is 6.08. The molecule has 0 saturated heterocycles. The number of methoxy groups -OCH3 is 1. The summed E-state index contributed by atoms with van der Waals surface area (Å²) in [5, 5.41) is 3.38. The van der Waals surface area contributed by atoms with Crippen molar-refractivity contribution in [3.05, 3.63) is 64.6 Å². The van der Waals surface area contributed by atoms with Crippen molar-refractivity contribution >= 4 is 29.9 Å². The van der Waals surface area contributed by atoms with Gasteiger partial charge >= 0.3 is 0 Å². The molecule has 148 valence electrons. The van der Waals surface area contributed by atoms with Crippen LogP contribution in [-0.2, 0) is 13.1 Å². The zero-order valence-corrected chi connectivity index (χ0v) is 18.6. The van der Waals surface area contributed by atoms with E-state index in [0.29, 0.717) is 6.54 Å². The van der Waals surface area contributed by atoms with Gasteiger partial charge in [0.2, 0.25) is 5.56 Å². The third-order valence-corrected chi connectivity index (χ3v) is 4.18. The number of aromatic nitrogens is 1. The number of ether oxygens (including phenoxy) is 1. The predicted octanol–water partition coefficient (Wildman–Crippen LogP) is 2.96. The Labute approximate surface area is 178 Å². The fourth-order valence-corrected chi connectivity index (χ4v) is 2.80. The van der Waals surface area contributed by atoms with Crippen LogP contribution in [0.3, 0.4) is 0 Å². The highest BCUT2D eigenvalue weighted by Crippen LogP contribution is 2.18. The fraction of sp³-hybridized carbons (Fsp3) is 0.400. The molecule has 1 aromatic carbocycles. The minimum absolute atomic E-state index is 0. The normalized spacial score (nSPS) is 10.9. The molecule has 1 heterocycles. The number of pyridine rings is 1. The zero-order chi connectivity index (χ0) is 18.8. The summed E-state index contributed by atoms with van der Waals surface area (Å²) in [4.78, 5) is 18.1. The van der Waals surface area contributed by atoms with Crippen LogP contribution < -0.4 is 15.6 Å². The molecule has 0 spiro atoms. The molecule has 1 aromatic heterocycles. The van der Waals surface area contributed by atoms with Gasteiger partial charge in [0.25, 0.3) is 0 Å². The van der Waals surface area contributed by atoms with Gasteiger partial charge in [0.1, 0.15) is 5.75 Å². The lowest BCUT2D eigenvalue weighted by molar-refractivity contribution is 0.396. The molecule has 0 aliphatic rings. The molecule has 0 saturated carbocycles. The molecule has 0 atom stereocenters. The quantitative estimate of drug-likeness (QED) is 0.271. The molecule has 7 heteroatoms. The lowest BCUT2D eigenvalue weighted by Crippen LogP contribution is -2.39. The second-order valence-electron chi connectivity index (χ2n) is 6.08. The summed E-state index contributed by atoms with van der Waals surface area (Å²) in [7, 11) is 5.47. The van der Waals surface area contributed by atoms with Crippen LogP contribution in [0.15, 0.2) is 58.4 Å². The third-order valence-electron chi connectivity index (χ3n) is 4.18. The smallest absolute Gasteiger partial charge is 0.250 e. The SMILES string of the molecule is CN=C(NCCCCn1ccccc1=O)N(C)Cc1ccccc1OC.I. The molecular weight excluding hydrogens is 455 g/mol. The van der Waals surface area contributed by atoms with E-state index in [9.17, 15) is 4.79 Å². The Morgan fingerprint density at radius 2 is 1.93 bits per heavy atom. The van der Waals surface area contributed by atoms with Crippen molar-refractivity contribution in [1.82, 2.24) is 14.8 Å². The first-order valence-electron chi connectivity index (χ1n) is 8.85. The minimum atomic E-state index is 0. The minimum Gasteiger partial charge on any atom is -0.496 e. The van der Waals surface area contributed by atoms with Gasteiger partial charge in [0.05, 0.1) is 7.11 Å². The summed E-state index contributed by atoms with van der Waals surface area (Å²) in [6.45, 7) is 2.25. The average molecular weight is 484 g/mol. The van der Waals surface area contributed by atoms with Crippen LogP contribution in [0.5, 0.6) is 5.75 Å². The molecule has 6 nitrogen and oxygen atoms in total.